The normalized spacial score (nSPS) is 18.2. The Morgan fingerprint density at radius 2 is 2.05 bits per heavy atom. The number of benzene rings is 1. The molecule has 1 unspecified atom stereocenters. The highest BCUT2D eigenvalue weighted by Gasteiger charge is 2.20. The highest BCUT2D eigenvalue weighted by atomic mass is 35.5. The van der Waals surface area contributed by atoms with Crippen molar-refractivity contribution in [1.29, 1.82) is 0 Å². The molecule has 1 fully saturated rings. The summed E-state index contributed by atoms with van der Waals surface area (Å²) in [6, 6.07) is 5.45. The van der Waals surface area contributed by atoms with Gasteiger partial charge < -0.3 is 10.6 Å². The van der Waals surface area contributed by atoms with Crippen LogP contribution in [0.1, 0.15) is 18.4 Å². The van der Waals surface area contributed by atoms with Gasteiger partial charge in [0, 0.05) is 23.1 Å². The summed E-state index contributed by atoms with van der Waals surface area (Å²) in [5, 5.41) is 7.51. The Bertz CT molecular complexity index is 428. The monoisotopic (exact) mass is 336 g/mol. The first-order valence-electron chi connectivity index (χ1n) is 6.60. The second kappa shape index (κ2) is 8.73. The van der Waals surface area contributed by atoms with Crippen LogP contribution in [0.2, 0.25) is 10.0 Å². The minimum Gasteiger partial charge on any atom is -0.355 e. The van der Waals surface area contributed by atoms with E-state index in [1.807, 2.05) is 18.2 Å². The summed E-state index contributed by atoms with van der Waals surface area (Å²) in [6.07, 6.45) is 2.69. The van der Waals surface area contributed by atoms with Crippen LogP contribution in [0.5, 0.6) is 0 Å². The van der Waals surface area contributed by atoms with Gasteiger partial charge in [0.25, 0.3) is 0 Å². The van der Waals surface area contributed by atoms with Gasteiger partial charge in [0.15, 0.2) is 0 Å². The topological polar surface area (TPSA) is 41.1 Å². The van der Waals surface area contributed by atoms with Crippen molar-refractivity contribution in [1.82, 2.24) is 10.6 Å². The van der Waals surface area contributed by atoms with Crippen molar-refractivity contribution in [3.05, 3.63) is 33.8 Å². The van der Waals surface area contributed by atoms with E-state index in [9.17, 15) is 4.79 Å². The van der Waals surface area contributed by atoms with Gasteiger partial charge in [-0.2, -0.15) is 0 Å². The van der Waals surface area contributed by atoms with E-state index >= 15 is 0 Å². The van der Waals surface area contributed by atoms with Gasteiger partial charge in [-0.3, -0.25) is 4.79 Å². The van der Waals surface area contributed by atoms with Crippen molar-refractivity contribution in [3.63, 3.8) is 0 Å². The van der Waals surface area contributed by atoms with E-state index in [1.165, 1.54) is 0 Å². The molecular formula is C14H19Cl3N2O. The fourth-order valence-corrected chi connectivity index (χ4v) is 2.89. The minimum atomic E-state index is 0. The molecule has 1 saturated heterocycles. The van der Waals surface area contributed by atoms with Crippen LogP contribution in [-0.2, 0) is 11.2 Å². The molecule has 0 radical (unpaired) electrons. The lowest BCUT2D eigenvalue weighted by atomic mass is 9.99. The van der Waals surface area contributed by atoms with Gasteiger partial charge in [0.05, 0.1) is 5.92 Å². The molecule has 0 saturated carbocycles. The van der Waals surface area contributed by atoms with Crippen LogP contribution < -0.4 is 10.6 Å². The average Bonchev–Trinajstić information content (AvgIpc) is 2.43. The third-order valence-electron chi connectivity index (χ3n) is 3.40. The summed E-state index contributed by atoms with van der Waals surface area (Å²) in [5.74, 6) is 0.214. The molecule has 1 aromatic carbocycles. The molecule has 112 valence electrons. The molecule has 2 N–H and O–H groups in total. The van der Waals surface area contributed by atoms with Crippen molar-refractivity contribution < 1.29 is 4.79 Å². The van der Waals surface area contributed by atoms with Gasteiger partial charge in [-0.15, -0.1) is 12.4 Å². The first-order valence-corrected chi connectivity index (χ1v) is 7.35. The van der Waals surface area contributed by atoms with Crippen molar-refractivity contribution in [2.45, 2.75) is 19.3 Å². The highest BCUT2D eigenvalue weighted by molar-refractivity contribution is 6.35. The maximum atomic E-state index is 11.9. The Hall–Kier alpha value is -0.480. The number of piperidine rings is 1. The Labute approximate surface area is 135 Å². The van der Waals surface area contributed by atoms with Crippen LogP contribution in [0.15, 0.2) is 18.2 Å². The lowest BCUT2D eigenvalue weighted by Crippen LogP contribution is -2.41. The molecular weight excluding hydrogens is 319 g/mol. The van der Waals surface area contributed by atoms with E-state index in [2.05, 4.69) is 10.6 Å². The number of nitrogens with one attached hydrogen (secondary N) is 2. The maximum Gasteiger partial charge on any atom is 0.224 e. The van der Waals surface area contributed by atoms with Crippen LogP contribution in [0, 0.1) is 5.92 Å². The number of halogens is 3. The molecule has 1 aliphatic heterocycles. The Morgan fingerprint density at radius 3 is 2.65 bits per heavy atom. The summed E-state index contributed by atoms with van der Waals surface area (Å²) in [4.78, 5) is 11.9. The number of hydrogen-bond acceptors (Lipinski definition) is 2. The van der Waals surface area contributed by atoms with E-state index < -0.39 is 0 Å². The predicted octanol–water partition coefficient (Wildman–Crippen LogP) is 3.07. The smallest absolute Gasteiger partial charge is 0.224 e. The van der Waals surface area contributed by atoms with Gasteiger partial charge in [-0.05, 0) is 43.5 Å². The van der Waals surface area contributed by atoms with Gasteiger partial charge in [0.2, 0.25) is 5.91 Å². The van der Waals surface area contributed by atoms with Gasteiger partial charge in [-0.1, -0.05) is 29.3 Å². The number of hydrogen-bond donors (Lipinski definition) is 2. The summed E-state index contributed by atoms with van der Waals surface area (Å²) in [5.41, 5.74) is 0.896. The number of carbonyl (C=O) groups is 1. The molecule has 1 aliphatic rings. The minimum absolute atomic E-state index is 0. The van der Waals surface area contributed by atoms with Crippen molar-refractivity contribution in [2.24, 2.45) is 5.92 Å². The van der Waals surface area contributed by atoms with E-state index in [0.717, 1.165) is 31.5 Å². The highest BCUT2D eigenvalue weighted by Crippen LogP contribution is 2.24. The third kappa shape index (κ3) is 4.81. The van der Waals surface area contributed by atoms with Gasteiger partial charge >= 0.3 is 0 Å². The van der Waals surface area contributed by atoms with Crippen LogP contribution >= 0.6 is 35.6 Å². The average molecular weight is 338 g/mol. The van der Waals surface area contributed by atoms with Crippen molar-refractivity contribution >= 4 is 41.5 Å². The van der Waals surface area contributed by atoms with Gasteiger partial charge in [-0.25, -0.2) is 0 Å². The molecule has 20 heavy (non-hydrogen) atoms. The second-order valence-corrected chi connectivity index (χ2v) is 5.60. The molecule has 0 bridgehead atoms. The molecule has 1 amide bonds. The van der Waals surface area contributed by atoms with Gasteiger partial charge in [0.1, 0.15) is 0 Å². The maximum absolute atomic E-state index is 11.9. The zero-order valence-electron chi connectivity index (χ0n) is 11.1. The molecule has 1 aromatic rings. The van der Waals surface area contributed by atoms with Crippen LogP contribution in [0.4, 0.5) is 0 Å². The Morgan fingerprint density at radius 1 is 1.35 bits per heavy atom. The van der Waals surface area contributed by atoms with E-state index in [-0.39, 0.29) is 24.2 Å². The van der Waals surface area contributed by atoms with Crippen LogP contribution in [0.25, 0.3) is 0 Å². The SMILES string of the molecule is Cl.O=C(NCCc1c(Cl)cccc1Cl)C1CCCNC1. The second-order valence-electron chi connectivity index (χ2n) is 4.78. The molecule has 1 atom stereocenters. The van der Waals surface area contributed by atoms with E-state index in [4.69, 9.17) is 23.2 Å². The first kappa shape index (κ1) is 17.6. The lowest BCUT2D eigenvalue weighted by Gasteiger charge is -2.22. The van der Waals surface area contributed by atoms with Crippen molar-refractivity contribution in [2.75, 3.05) is 19.6 Å². The quantitative estimate of drug-likeness (QED) is 0.886. The molecule has 0 spiro atoms. The van der Waals surface area contributed by atoms with Crippen LogP contribution in [0.3, 0.4) is 0 Å². The molecule has 6 heteroatoms. The molecule has 3 nitrogen and oxygen atoms in total. The fraction of sp³-hybridized carbons (Fsp3) is 0.500. The number of rotatable bonds is 4. The van der Waals surface area contributed by atoms with E-state index in [1.54, 1.807) is 0 Å². The molecule has 0 aromatic heterocycles. The number of carbonyl (C=O) groups excluding carboxylic acids is 1. The van der Waals surface area contributed by atoms with Crippen LogP contribution in [-0.4, -0.2) is 25.5 Å². The standard InChI is InChI=1S/C14H18Cl2N2O.ClH/c15-12-4-1-5-13(16)11(12)6-8-18-14(19)10-3-2-7-17-9-10;/h1,4-5,10,17H,2-3,6-9H2,(H,18,19);1H. The first-order chi connectivity index (χ1) is 9.18. The Kier molecular flexibility index (Phi) is 7.67. The zero-order chi connectivity index (χ0) is 13.7. The molecule has 0 aliphatic carbocycles. The fourth-order valence-electron chi connectivity index (χ4n) is 2.30. The summed E-state index contributed by atoms with van der Waals surface area (Å²) < 4.78 is 0. The third-order valence-corrected chi connectivity index (χ3v) is 4.11. The zero-order valence-corrected chi connectivity index (χ0v) is 13.5. The lowest BCUT2D eigenvalue weighted by molar-refractivity contribution is -0.125. The molecule has 1 heterocycles. The predicted molar refractivity (Wildman–Crippen MR) is 86.0 cm³/mol. The molecule has 2 rings (SSSR count). The summed E-state index contributed by atoms with van der Waals surface area (Å²) >= 11 is 12.2. The summed E-state index contributed by atoms with van der Waals surface area (Å²) in [7, 11) is 0. The largest absolute Gasteiger partial charge is 0.355 e. The summed E-state index contributed by atoms with van der Waals surface area (Å²) in [6.45, 7) is 2.36. The Balaban J connectivity index is 0.00000200. The van der Waals surface area contributed by atoms with Crippen molar-refractivity contribution in [3.8, 4) is 0 Å². The number of amides is 1. The van der Waals surface area contributed by atoms with E-state index in [0.29, 0.717) is 23.0 Å².